The maximum absolute atomic E-state index is 9.71. The number of benzene rings is 1. The van der Waals surface area contributed by atoms with Crippen LogP contribution >= 0.6 is 0 Å². The van der Waals surface area contributed by atoms with Crippen molar-refractivity contribution in [1.29, 1.82) is 0 Å². The number of nitrogens with two attached hydrogens (primary N) is 1. The van der Waals surface area contributed by atoms with Gasteiger partial charge in [-0.25, -0.2) is 0 Å². The van der Waals surface area contributed by atoms with Gasteiger partial charge in [-0.05, 0) is 43.6 Å². The molecule has 1 atom stereocenters. The first-order chi connectivity index (χ1) is 9.19. The van der Waals surface area contributed by atoms with Crippen LogP contribution in [0.15, 0.2) is 18.2 Å². The molecular weight excluding hydrogens is 240 g/mol. The molecule has 19 heavy (non-hydrogen) atoms. The number of hydrogen-bond donors (Lipinski definition) is 2. The zero-order chi connectivity index (χ0) is 13.7. The quantitative estimate of drug-likeness (QED) is 0.765. The Labute approximate surface area is 115 Å². The summed E-state index contributed by atoms with van der Waals surface area (Å²) in [5, 5.41) is 9.71. The molecule has 4 heteroatoms. The third kappa shape index (κ3) is 4.20. The standard InChI is InChI=1S/C15H24N2O2/c1-17(11-14(18)4-7-16)8-5-12-2-3-15-13(10-12)6-9-19-15/h2-3,10,14,18H,4-9,11,16H2,1H3. The molecule has 1 heterocycles. The van der Waals surface area contributed by atoms with Crippen molar-refractivity contribution in [1.82, 2.24) is 4.90 Å². The Morgan fingerprint density at radius 2 is 2.32 bits per heavy atom. The van der Waals surface area contributed by atoms with E-state index < -0.39 is 0 Å². The van der Waals surface area contributed by atoms with E-state index in [2.05, 4.69) is 23.1 Å². The smallest absolute Gasteiger partial charge is 0.122 e. The minimum atomic E-state index is -0.316. The first-order valence-corrected chi connectivity index (χ1v) is 7.00. The number of ether oxygens (including phenoxy) is 1. The lowest BCUT2D eigenvalue weighted by Crippen LogP contribution is -2.32. The van der Waals surface area contributed by atoms with E-state index in [0.29, 0.717) is 19.5 Å². The fourth-order valence-corrected chi connectivity index (χ4v) is 2.45. The van der Waals surface area contributed by atoms with Crippen LogP contribution in [0.1, 0.15) is 17.5 Å². The van der Waals surface area contributed by atoms with Gasteiger partial charge in [0.15, 0.2) is 0 Å². The number of likely N-dealkylation sites (N-methyl/N-ethyl adjacent to an activating group) is 1. The molecule has 0 radical (unpaired) electrons. The van der Waals surface area contributed by atoms with E-state index in [-0.39, 0.29) is 6.10 Å². The average Bonchev–Trinajstić information content (AvgIpc) is 2.83. The van der Waals surface area contributed by atoms with Crippen molar-refractivity contribution in [3.63, 3.8) is 0 Å². The van der Waals surface area contributed by atoms with Crippen molar-refractivity contribution < 1.29 is 9.84 Å². The van der Waals surface area contributed by atoms with Gasteiger partial charge in [0.25, 0.3) is 0 Å². The Balaban J connectivity index is 1.78. The number of nitrogens with zero attached hydrogens (tertiary/aromatic N) is 1. The van der Waals surface area contributed by atoms with Crippen LogP contribution in [0.3, 0.4) is 0 Å². The van der Waals surface area contributed by atoms with Gasteiger partial charge in [0, 0.05) is 19.5 Å². The van der Waals surface area contributed by atoms with Crippen LogP contribution in [0, 0.1) is 0 Å². The summed E-state index contributed by atoms with van der Waals surface area (Å²) in [6, 6.07) is 6.45. The first kappa shape index (κ1) is 14.3. The molecular formula is C15H24N2O2. The molecule has 0 spiro atoms. The van der Waals surface area contributed by atoms with Crippen molar-refractivity contribution in [3.05, 3.63) is 29.3 Å². The Morgan fingerprint density at radius 1 is 1.47 bits per heavy atom. The molecule has 1 aliphatic heterocycles. The molecule has 106 valence electrons. The van der Waals surface area contributed by atoms with Gasteiger partial charge in [-0.2, -0.15) is 0 Å². The number of aliphatic hydroxyl groups excluding tert-OH is 1. The lowest BCUT2D eigenvalue weighted by Gasteiger charge is -2.20. The molecule has 4 nitrogen and oxygen atoms in total. The molecule has 1 aromatic carbocycles. The third-order valence-corrected chi connectivity index (χ3v) is 3.56. The molecule has 0 aromatic heterocycles. The summed E-state index contributed by atoms with van der Waals surface area (Å²) in [4.78, 5) is 2.16. The van der Waals surface area contributed by atoms with Crippen molar-refractivity contribution in [2.24, 2.45) is 5.73 Å². The summed E-state index contributed by atoms with van der Waals surface area (Å²) in [6.45, 7) is 2.98. The minimum Gasteiger partial charge on any atom is -0.493 e. The van der Waals surface area contributed by atoms with Gasteiger partial charge in [-0.1, -0.05) is 12.1 Å². The zero-order valence-electron chi connectivity index (χ0n) is 11.6. The summed E-state index contributed by atoms with van der Waals surface area (Å²) >= 11 is 0. The predicted molar refractivity (Wildman–Crippen MR) is 76.5 cm³/mol. The fraction of sp³-hybridized carbons (Fsp3) is 0.600. The van der Waals surface area contributed by atoms with Crippen LogP contribution < -0.4 is 10.5 Å². The van der Waals surface area contributed by atoms with Crippen LogP contribution in [-0.4, -0.2) is 49.4 Å². The van der Waals surface area contributed by atoms with Gasteiger partial charge in [-0.3, -0.25) is 0 Å². The monoisotopic (exact) mass is 264 g/mol. The topological polar surface area (TPSA) is 58.7 Å². The van der Waals surface area contributed by atoms with Gasteiger partial charge in [0.05, 0.1) is 12.7 Å². The second kappa shape index (κ2) is 6.89. The largest absolute Gasteiger partial charge is 0.493 e. The zero-order valence-corrected chi connectivity index (χ0v) is 11.6. The van der Waals surface area contributed by atoms with Gasteiger partial charge >= 0.3 is 0 Å². The number of rotatable bonds is 7. The molecule has 0 saturated carbocycles. The number of fused-ring (bicyclic) bond motifs is 1. The molecule has 1 unspecified atom stereocenters. The van der Waals surface area contributed by atoms with Gasteiger partial charge in [-0.15, -0.1) is 0 Å². The van der Waals surface area contributed by atoms with E-state index in [4.69, 9.17) is 10.5 Å². The van der Waals surface area contributed by atoms with E-state index in [1.807, 2.05) is 7.05 Å². The van der Waals surface area contributed by atoms with E-state index in [1.165, 1.54) is 11.1 Å². The molecule has 0 aliphatic carbocycles. The van der Waals surface area contributed by atoms with Crippen molar-refractivity contribution in [3.8, 4) is 5.75 Å². The maximum atomic E-state index is 9.71. The summed E-state index contributed by atoms with van der Waals surface area (Å²) in [5.41, 5.74) is 8.09. The second-order valence-corrected chi connectivity index (χ2v) is 5.28. The van der Waals surface area contributed by atoms with E-state index >= 15 is 0 Å². The normalized spacial score (nSPS) is 15.4. The van der Waals surface area contributed by atoms with E-state index in [0.717, 1.165) is 31.7 Å². The molecule has 1 aliphatic rings. The fourth-order valence-electron chi connectivity index (χ4n) is 2.45. The molecule has 3 N–H and O–H groups in total. The second-order valence-electron chi connectivity index (χ2n) is 5.28. The SMILES string of the molecule is CN(CCc1ccc2c(c1)CCO2)CC(O)CCN. The average molecular weight is 264 g/mol. The number of aliphatic hydroxyl groups is 1. The summed E-state index contributed by atoms with van der Waals surface area (Å²) < 4.78 is 5.50. The van der Waals surface area contributed by atoms with Gasteiger partial charge in [0.1, 0.15) is 5.75 Å². The summed E-state index contributed by atoms with van der Waals surface area (Å²) in [7, 11) is 2.04. The molecule has 0 fully saturated rings. The molecule has 0 bridgehead atoms. The van der Waals surface area contributed by atoms with E-state index in [1.54, 1.807) is 0 Å². The van der Waals surface area contributed by atoms with Crippen molar-refractivity contribution >= 4 is 0 Å². The Morgan fingerprint density at radius 3 is 3.11 bits per heavy atom. The van der Waals surface area contributed by atoms with E-state index in [9.17, 15) is 5.11 Å². The Hall–Kier alpha value is -1.10. The molecule has 0 amide bonds. The highest BCUT2D eigenvalue weighted by atomic mass is 16.5. The number of hydrogen-bond acceptors (Lipinski definition) is 4. The van der Waals surface area contributed by atoms with Gasteiger partial charge in [0.2, 0.25) is 0 Å². The van der Waals surface area contributed by atoms with Crippen molar-refractivity contribution in [2.45, 2.75) is 25.4 Å². The lowest BCUT2D eigenvalue weighted by atomic mass is 10.1. The van der Waals surface area contributed by atoms with Gasteiger partial charge < -0.3 is 20.5 Å². The third-order valence-electron chi connectivity index (χ3n) is 3.56. The van der Waals surface area contributed by atoms with Crippen LogP contribution in [0.4, 0.5) is 0 Å². The highest BCUT2D eigenvalue weighted by molar-refractivity contribution is 5.39. The summed E-state index contributed by atoms with van der Waals surface area (Å²) in [6.07, 6.45) is 2.37. The maximum Gasteiger partial charge on any atom is 0.122 e. The van der Waals surface area contributed by atoms with Crippen LogP contribution in [0.25, 0.3) is 0 Å². The van der Waals surface area contributed by atoms with Crippen LogP contribution in [0.2, 0.25) is 0 Å². The Kier molecular flexibility index (Phi) is 5.19. The lowest BCUT2D eigenvalue weighted by molar-refractivity contribution is 0.120. The predicted octanol–water partition coefficient (Wildman–Crippen LogP) is 0.806. The molecule has 1 aromatic rings. The highest BCUT2D eigenvalue weighted by Crippen LogP contribution is 2.25. The Bertz CT molecular complexity index is 409. The van der Waals surface area contributed by atoms with Crippen molar-refractivity contribution in [2.75, 3.05) is 33.3 Å². The van der Waals surface area contributed by atoms with Crippen LogP contribution in [-0.2, 0) is 12.8 Å². The first-order valence-electron chi connectivity index (χ1n) is 7.00. The van der Waals surface area contributed by atoms with Crippen LogP contribution in [0.5, 0.6) is 5.75 Å². The summed E-state index contributed by atoms with van der Waals surface area (Å²) in [5.74, 6) is 1.04. The molecule has 2 rings (SSSR count). The highest BCUT2D eigenvalue weighted by Gasteiger charge is 2.12. The molecule has 0 saturated heterocycles. The minimum absolute atomic E-state index is 0.316.